The zero-order valence-electron chi connectivity index (χ0n) is 12.9. The van der Waals surface area contributed by atoms with Crippen LogP contribution in [0.1, 0.15) is 59.3 Å². The Morgan fingerprint density at radius 2 is 1.84 bits per heavy atom. The molecule has 19 heavy (non-hydrogen) atoms. The zero-order valence-corrected chi connectivity index (χ0v) is 12.9. The first-order valence-electron chi connectivity index (χ1n) is 8.00. The second-order valence-corrected chi connectivity index (χ2v) is 7.32. The standard InChI is InChI=1S/C16H30N2O/c1-16(2,3)13-7-6-11-18(12-9-13)15(19)14-8-4-5-10-17-14/h13-14,17H,4-12H2,1-3H3. The number of amides is 1. The van der Waals surface area contributed by atoms with Gasteiger partial charge < -0.3 is 10.2 Å². The molecule has 0 aromatic heterocycles. The normalized spacial score (nSPS) is 29.9. The minimum atomic E-state index is 0.0972. The minimum Gasteiger partial charge on any atom is -0.341 e. The molecule has 2 atom stereocenters. The molecule has 3 heteroatoms. The largest absolute Gasteiger partial charge is 0.341 e. The van der Waals surface area contributed by atoms with E-state index in [1.165, 1.54) is 32.1 Å². The van der Waals surface area contributed by atoms with E-state index in [0.29, 0.717) is 11.3 Å². The quantitative estimate of drug-likeness (QED) is 0.791. The fourth-order valence-corrected chi connectivity index (χ4v) is 3.47. The number of carbonyl (C=O) groups is 1. The summed E-state index contributed by atoms with van der Waals surface area (Å²) in [6, 6.07) is 0.0972. The summed E-state index contributed by atoms with van der Waals surface area (Å²) in [5.74, 6) is 1.11. The van der Waals surface area contributed by atoms with Crippen molar-refractivity contribution in [2.24, 2.45) is 11.3 Å². The Morgan fingerprint density at radius 3 is 2.47 bits per heavy atom. The van der Waals surface area contributed by atoms with Gasteiger partial charge in [-0.3, -0.25) is 4.79 Å². The highest BCUT2D eigenvalue weighted by molar-refractivity contribution is 5.82. The molecule has 0 bridgehead atoms. The molecule has 2 heterocycles. The van der Waals surface area contributed by atoms with E-state index in [-0.39, 0.29) is 6.04 Å². The SMILES string of the molecule is CC(C)(C)C1CCCN(C(=O)C2CCCCN2)CC1. The van der Waals surface area contributed by atoms with Crippen LogP contribution in [-0.2, 0) is 4.79 Å². The van der Waals surface area contributed by atoms with Crippen molar-refractivity contribution in [3.8, 4) is 0 Å². The number of hydrogen-bond donors (Lipinski definition) is 1. The van der Waals surface area contributed by atoms with Gasteiger partial charge in [0.05, 0.1) is 6.04 Å². The summed E-state index contributed by atoms with van der Waals surface area (Å²) in [5.41, 5.74) is 0.377. The van der Waals surface area contributed by atoms with Crippen LogP contribution in [0, 0.1) is 11.3 Å². The Kier molecular flexibility index (Phi) is 4.88. The van der Waals surface area contributed by atoms with Crippen LogP contribution in [0.2, 0.25) is 0 Å². The van der Waals surface area contributed by atoms with Crippen molar-refractivity contribution in [1.82, 2.24) is 10.2 Å². The lowest BCUT2D eigenvalue weighted by molar-refractivity contribution is -0.134. The molecule has 2 saturated heterocycles. The molecular formula is C16H30N2O. The molecule has 0 spiro atoms. The minimum absolute atomic E-state index is 0.0972. The summed E-state index contributed by atoms with van der Waals surface area (Å²) < 4.78 is 0. The summed E-state index contributed by atoms with van der Waals surface area (Å²) in [5, 5.41) is 3.39. The van der Waals surface area contributed by atoms with Gasteiger partial charge in [-0.05, 0) is 50.0 Å². The molecule has 2 aliphatic rings. The van der Waals surface area contributed by atoms with Crippen LogP contribution in [0.4, 0.5) is 0 Å². The summed E-state index contributed by atoms with van der Waals surface area (Å²) in [6.45, 7) is 9.92. The van der Waals surface area contributed by atoms with Gasteiger partial charge in [-0.15, -0.1) is 0 Å². The van der Waals surface area contributed by atoms with E-state index < -0.39 is 0 Å². The third-order valence-electron chi connectivity index (χ3n) is 4.87. The Bertz CT molecular complexity index is 302. The van der Waals surface area contributed by atoms with E-state index in [0.717, 1.165) is 32.0 Å². The van der Waals surface area contributed by atoms with E-state index in [1.54, 1.807) is 0 Å². The maximum Gasteiger partial charge on any atom is 0.239 e. The first-order valence-corrected chi connectivity index (χ1v) is 8.00. The molecule has 0 aromatic carbocycles. The van der Waals surface area contributed by atoms with Crippen molar-refractivity contribution < 1.29 is 4.79 Å². The molecule has 0 saturated carbocycles. The van der Waals surface area contributed by atoms with Crippen LogP contribution in [0.3, 0.4) is 0 Å². The van der Waals surface area contributed by atoms with Gasteiger partial charge in [0.25, 0.3) is 0 Å². The summed E-state index contributed by atoms with van der Waals surface area (Å²) >= 11 is 0. The first kappa shape index (κ1) is 14.8. The monoisotopic (exact) mass is 266 g/mol. The van der Waals surface area contributed by atoms with Crippen LogP contribution in [0.25, 0.3) is 0 Å². The highest BCUT2D eigenvalue weighted by Crippen LogP contribution is 2.34. The van der Waals surface area contributed by atoms with Crippen LogP contribution in [0.5, 0.6) is 0 Å². The average Bonchev–Trinajstić information content (AvgIpc) is 2.64. The van der Waals surface area contributed by atoms with Gasteiger partial charge in [-0.25, -0.2) is 0 Å². The Hall–Kier alpha value is -0.570. The Morgan fingerprint density at radius 1 is 1.05 bits per heavy atom. The molecule has 1 N–H and O–H groups in total. The maximum atomic E-state index is 12.5. The lowest BCUT2D eigenvalue weighted by Gasteiger charge is -2.31. The number of rotatable bonds is 1. The molecule has 2 aliphatic heterocycles. The molecule has 0 aliphatic carbocycles. The van der Waals surface area contributed by atoms with Gasteiger partial charge in [0, 0.05) is 13.1 Å². The predicted octanol–water partition coefficient (Wildman–Crippen LogP) is 2.80. The number of nitrogens with zero attached hydrogens (tertiary/aromatic N) is 1. The average molecular weight is 266 g/mol. The molecule has 2 fully saturated rings. The summed E-state index contributed by atoms with van der Waals surface area (Å²) in [7, 11) is 0. The number of piperidine rings is 1. The van der Waals surface area contributed by atoms with Crippen molar-refractivity contribution in [3.63, 3.8) is 0 Å². The molecule has 110 valence electrons. The van der Waals surface area contributed by atoms with E-state index in [4.69, 9.17) is 0 Å². The first-order chi connectivity index (χ1) is 8.98. The second kappa shape index (κ2) is 6.25. The predicted molar refractivity (Wildman–Crippen MR) is 79.0 cm³/mol. The van der Waals surface area contributed by atoms with Gasteiger partial charge in [0.2, 0.25) is 5.91 Å². The van der Waals surface area contributed by atoms with Gasteiger partial charge in [-0.1, -0.05) is 27.2 Å². The van der Waals surface area contributed by atoms with Crippen LogP contribution in [-0.4, -0.2) is 36.5 Å². The molecular weight excluding hydrogens is 236 g/mol. The summed E-state index contributed by atoms with van der Waals surface area (Å²) in [4.78, 5) is 14.6. The lowest BCUT2D eigenvalue weighted by Crippen LogP contribution is -2.48. The van der Waals surface area contributed by atoms with Crippen LogP contribution < -0.4 is 5.32 Å². The van der Waals surface area contributed by atoms with Crippen molar-refractivity contribution in [2.45, 2.75) is 65.3 Å². The van der Waals surface area contributed by atoms with Crippen LogP contribution in [0.15, 0.2) is 0 Å². The van der Waals surface area contributed by atoms with Gasteiger partial charge in [0.15, 0.2) is 0 Å². The number of likely N-dealkylation sites (tertiary alicyclic amines) is 1. The van der Waals surface area contributed by atoms with Gasteiger partial charge in [0.1, 0.15) is 0 Å². The fourth-order valence-electron chi connectivity index (χ4n) is 3.47. The molecule has 0 radical (unpaired) electrons. The third kappa shape index (κ3) is 3.95. The highest BCUT2D eigenvalue weighted by atomic mass is 16.2. The fraction of sp³-hybridized carbons (Fsp3) is 0.938. The van der Waals surface area contributed by atoms with E-state index in [9.17, 15) is 4.79 Å². The van der Waals surface area contributed by atoms with Crippen molar-refractivity contribution >= 4 is 5.91 Å². The van der Waals surface area contributed by atoms with E-state index in [2.05, 4.69) is 31.0 Å². The Labute approximate surface area is 118 Å². The Balaban J connectivity index is 1.89. The number of hydrogen-bond acceptors (Lipinski definition) is 2. The highest BCUT2D eigenvalue weighted by Gasteiger charge is 2.31. The molecule has 0 aromatic rings. The van der Waals surface area contributed by atoms with E-state index in [1.807, 2.05) is 0 Å². The molecule has 3 nitrogen and oxygen atoms in total. The topological polar surface area (TPSA) is 32.3 Å². The van der Waals surface area contributed by atoms with Crippen molar-refractivity contribution in [2.75, 3.05) is 19.6 Å². The second-order valence-electron chi connectivity index (χ2n) is 7.32. The molecule has 2 rings (SSSR count). The third-order valence-corrected chi connectivity index (χ3v) is 4.87. The van der Waals surface area contributed by atoms with E-state index >= 15 is 0 Å². The van der Waals surface area contributed by atoms with Gasteiger partial charge >= 0.3 is 0 Å². The lowest BCUT2D eigenvalue weighted by atomic mass is 9.77. The summed E-state index contributed by atoms with van der Waals surface area (Å²) in [6.07, 6.45) is 7.05. The van der Waals surface area contributed by atoms with Crippen LogP contribution >= 0.6 is 0 Å². The van der Waals surface area contributed by atoms with Crippen molar-refractivity contribution in [1.29, 1.82) is 0 Å². The number of carbonyl (C=O) groups excluding carboxylic acids is 1. The maximum absolute atomic E-state index is 12.5. The van der Waals surface area contributed by atoms with Gasteiger partial charge in [-0.2, -0.15) is 0 Å². The number of nitrogens with one attached hydrogen (secondary N) is 1. The molecule has 1 amide bonds. The zero-order chi connectivity index (χ0) is 13.9. The van der Waals surface area contributed by atoms with Crippen molar-refractivity contribution in [3.05, 3.63) is 0 Å². The molecule has 2 unspecified atom stereocenters. The smallest absolute Gasteiger partial charge is 0.239 e.